The van der Waals surface area contributed by atoms with Crippen LogP contribution < -0.4 is 9.64 Å². The van der Waals surface area contributed by atoms with Crippen LogP contribution in [0.25, 0.3) is 11.4 Å². The summed E-state index contributed by atoms with van der Waals surface area (Å²) in [4.78, 5) is 9.77. The van der Waals surface area contributed by atoms with Crippen LogP contribution in [0.3, 0.4) is 0 Å². The first-order valence-electron chi connectivity index (χ1n) is 9.56. The molecule has 0 amide bonds. The van der Waals surface area contributed by atoms with E-state index in [2.05, 4.69) is 20.2 Å². The van der Waals surface area contributed by atoms with Crippen LogP contribution in [0.4, 0.5) is 29.2 Å². The van der Waals surface area contributed by atoms with E-state index in [4.69, 9.17) is 16.3 Å². The zero-order valence-electron chi connectivity index (χ0n) is 17.1. The third kappa shape index (κ3) is 5.06. The highest BCUT2D eigenvalue weighted by Gasteiger charge is 2.35. The van der Waals surface area contributed by atoms with E-state index in [-0.39, 0.29) is 23.3 Å². The van der Waals surface area contributed by atoms with Crippen molar-refractivity contribution in [1.82, 2.24) is 20.2 Å². The molecule has 0 atom stereocenters. The standard InChI is InChI=1S/C22H16ClF4N5O/c1-33-16-5-2-13(3-6-16)12-32(15-4-7-18(24)17(11-15)22(25,26)27)21-29-20(30-31-21)14-8-9-28-19(23)10-14/h2-11H,12H2,1H3,(H,29,30,31). The van der Waals surface area contributed by atoms with Crippen LogP contribution in [0.2, 0.25) is 5.15 Å². The Morgan fingerprint density at radius 2 is 1.82 bits per heavy atom. The number of rotatable bonds is 6. The molecule has 0 aliphatic rings. The summed E-state index contributed by atoms with van der Waals surface area (Å²) < 4.78 is 59.1. The van der Waals surface area contributed by atoms with Crippen molar-refractivity contribution in [3.63, 3.8) is 0 Å². The van der Waals surface area contributed by atoms with Crippen LogP contribution in [0.15, 0.2) is 60.8 Å². The number of hydrogen-bond donors (Lipinski definition) is 1. The molecule has 170 valence electrons. The lowest BCUT2D eigenvalue weighted by Gasteiger charge is -2.22. The number of benzene rings is 2. The predicted molar refractivity (Wildman–Crippen MR) is 115 cm³/mol. The third-order valence-electron chi connectivity index (χ3n) is 4.78. The van der Waals surface area contributed by atoms with Crippen molar-refractivity contribution < 1.29 is 22.3 Å². The molecule has 0 fully saturated rings. The van der Waals surface area contributed by atoms with Crippen molar-refractivity contribution in [3.8, 4) is 17.1 Å². The van der Waals surface area contributed by atoms with Gasteiger partial charge in [0.05, 0.1) is 19.2 Å². The number of anilines is 2. The minimum atomic E-state index is -4.86. The van der Waals surface area contributed by atoms with Crippen molar-refractivity contribution in [2.75, 3.05) is 12.0 Å². The number of aromatic nitrogens is 4. The molecule has 0 saturated carbocycles. The van der Waals surface area contributed by atoms with Crippen LogP contribution in [0.5, 0.6) is 5.75 Å². The Bertz CT molecular complexity index is 1260. The number of aromatic amines is 1. The normalized spacial score (nSPS) is 11.5. The number of H-pyrrole nitrogens is 1. The van der Waals surface area contributed by atoms with E-state index < -0.39 is 17.6 Å². The Morgan fingerprint density at radius 1 is 1.06 bits per heavy atom. The smallest absolute Gasteiger partial charge is 0.419 e. The summed E-state index contributed by atoms with van der Waals surface area (Å²) >= 11 is 5.93. The first-order valence-corrected chi connectivity index (χ1v) is 9.94. The molecule has 4 rings (SSSR count). The summed E-state index contributed by atoms with van der Waals surface area (Å²) in [7, 11) is 1.53. The summed E-state index contributed by atoms with van der Waals surface area (Å²) in [5, 5.41) is 7.17. The largest absolute Gasteiger partial charge is 0.497 e. The molecule has 0 radical (unpaired) electrons. The highest BCUT2D eigenvalue weighted by atomic mass is 35.5. The lowest BCUT2D eigenvalue weighted by Crippen LogP contribution is -2.19. The Hall–Kier alpha value is -3.66. The minimum Gasteiger partial charge on any atom is -0.497 e. The van der Waals surface area contributed by atoms with E-state index in [1.165, 1.54) is 24.3 Å². The van der Waals surface area contributed by atoms with E-state index in [1.807, 2.05) is 0 Å². The van der Waals surface area contributed by atoms with Gasteiger partial charge in [0, 0.05) is 17.4 Å². The van der Waals surface area contributed by atoms with Gasteiger partial charge in [0.25, 0.3) is 0 Å². The Labute approximate surface area is 190 Å². The molecule has 4 aromatic rings. The Morgan fingerprint density at radius 3 is 2.48 bits per heavy atom. The van der Waals surface area contributed by atoms with Gasteiger partial charge in [0.15, 0.2) is 5.82 Å². The Balaban J connectivity index is 1.76. The van der Waals surface area contributed by atoms with E-state index in [0.29, 0.717) is 17.1 Å². The second-order valence-electron chi connectivity index (χ2n) is 6.95. The second kappa shape index (κ2) is 9.07. The maximum atomic E-state index is 13.9. The number of halogens is 5. The quantitative estimate of drug-likeness (QED) is 0.271. The number of alkyl halides is 3. The summed E-state index contributed by atoms with van der Waals surface area (Å²) in [6.07, 6.45) is -3.37. The van der Waals surface area contributed by atoms with Crippen LogP contribution in [-0.2, 0) is 12.7 Å². The Kier molecular flexibility index (Phi) is 6.19. The first kappa shape index (κ1) is 22.5. The molecule has 11 heteroatoms. The van der Waals surface area contributed by atoms with Crippen molar-refractivity contribution in [2.24, 2.45) is 0 Å². The van der Waals surface area contributed by atoms with Crippen LogP contribution in [0.1, 0.15) is 11.1 Å². The predicted octanol–water partition coefficient (Wildman–Crippen LogP) is 6.02. The molecule has 2 aromatic carbocycles. The molecule has 0 bridgehead atoms. The third-order valence-corrected chi connectivity index (χ3v) is 4.99. The van der Waals surface area contributed by atoms with E-state index in [1.54, 1.807) is 36.4 Å². The fourth-order valence-electron chi connectivity index (χ4n) is 3.14. The molecular formula is C22H16ClF4N5O. The van der Waals surface area contributed by atoms with Gasteiger partial charge in [-0.1, -0.05) is 23.7 Å². The van der Waals surface area contributed by atoms with Crippen molar-refractivity contribution >= 4 is 23.2 Å². The molecule has 0 unspecified atom stereocenters. The molecule has 0 spiro atoms. The summed E-state index contributed by atoms with van der Waals surface area (Å²) in [5.74, 6) is -0.306. The van der Waals surface area contributed by atoms with E-state index in [0.717, 1.165) is 17.7 Å². The molecule has 6 nitrogen and oxygen atoms in total. The second-order valence-corrected chi connectivity index (χ2v) is 7.33. The monoisotopic (exact) mass is 477 g/mol. The van der Waals surface area contributed by atoms with Gasteiger partial charge in [0.2, 0.25) is 5.95 Å². The maximum Gasteiger partial charge on any atom is 0.419 e. The average Bonchev–Trinajstić information content (AvgIpc) is 3.28. The number of hydrogen-bond acceptors (Lipinski definition) is 5. The number of methoxy groups -OCH3 is 1. The van der Waals surface area contributed by atoms with Crippen LogP contribution in [0, 0.1) is 5.82 Å². The molecule has 2 aromatic heterocycles. The van der Waals surface area contributed by atoms with Gasteiger partial charge < -0.3 is 9.64 Å². The minimum absolute atomic E-state index is 0.0675. The van der Waals surface area contributed by atoms with Crippen LogP contribution in [-0.4, -0.2) is 27.3 Å². The topological polar surface area (TPSA) is 66.9 Å². The molecule has 0 saturated heterocycles. The zero-order chi connectivity index (χ0) is 23.6. The van der Waals surface area contributed by atoms with Gasteiger partial charge in [-0.3, -0.25) is 5.10 Å². The maximum absolute atomic E-state index is 13.9. The van der Waals surface area contributed by atoms with Gasteiger partial charge in [-0.25, -0.2) is 9.37 Å². The van der Waals surface area contributed by atoms with Gasteiger partial charge in [0.1, 0.15) is 16.7 Å². The van der Waals surface area contributed by atoms with Gasteiger partial charge >= 0.3 is 6.18 Å². The van der Waals surface area contributed by atoms with Crippen molar-refractivity contribution in [3.05, 3.63) is 82.9 Å². The number of pyridine rings is 1. The van der Waals surface area contributed by atoms with Crippen molar-refractivity contribution in [1.29, 1.82) is 0 Å². The van der Waals surface area contributed by atoms with Crippen LogP contribution >= 0.6 is 11.6 Å². The number of ether oxygens (including phenoxy) is 1. The summed E-state index contributed by atoms with van der Waals surface area (Å²) in [6, 6.07) is 12.9. The van der Waals surface area contributed by atoms with Gasteiger partial charge in [-0.15, -0.1) is 5.10 Å². The first-order chi connectivity index (χ1) is 15.7. The summed E-state index contributed by atoms with van der Waals surface area (Å²) in [5.41, 5.74) is 0.0227. The lowest BCUT2D eigenvalue weighted by molar-refractivity contribution is -0.139. The molecule has 0 aliphatic carbocycles. The van der Waals surface area contributed by atoms with Gasteiger partial charge in [-0.05, 0) is 48.0 Å². The average molecular weight is 478 g/mol. The highest BCUT2D eigenvalue weighted by molar-refractivity contribution is 6.29. The highest BCUT2D eigenvalue weighted by Crippen LogP contribution is 2.36. The molecule has 1 N–H and O–H groups in total. The van der Waals surface area contributed by atoms with Crippen molar-refractivity contribution in [2.45, 2.75) is 12.7 Å². The SMILES string of the molecule is COc1ccc(CN(c2ccc(F)c(C(F)(F)F)c2)c2n[nH]c(-c3ccnc(Cl)c3)n2)cc1. The van der Waals surface area contributed by atoms with Gasteiger partial charge in [-0.2, -0.15) is 18.2 Å². The molecule has 2 heterocycles. The lowest BCUT2D eigenvalue weighted by atomic mass is 10.1. The number of nitrogens with zero attached hydrogens (tertiary/aromatic N) is 4. The number of nitrogens with one attached hydrogen (secondary N) is 1. The zero-order valence-corrected chi connectivity index (χ0v) is 17.8. The van der Waals surface area contributed by atoms with E-state index in [9.17, 15) is 17.6 Å². The molecule has 0 aliphatic heterocycles. The molecular weight excluding hydrogens is 462 g/mol. The fraction of sp³-hybridized carbons (Fsp3) is 0.136. The molecule has 33 heavy (non-hydrogen) atoms. The summed E-state index contributed by atoms with van der Waals surface area (Å²) in [6.45, 7) is 0.112. The van der Waals surface area contributed by atoms with E-state index >= 15 is 0 Å². The fourth-order valence-corrected chi connectivity index (χ4v) is 3.32.